The molecule has 1 unspecified atom stereocenters. The standard InChI is InChI=1S/C27H25F2N5O2.C7H7F/c1-13(2)8-20-22(25(30)35)21(23-24(33-20)14(3)32-27(23)36)17-10-16-6-7-34(26(16)31-11-17)12-15-4-5-18(28)19(29)9-15;1-6-2-4-7(8)5-3-6/h4-7,9-11,13-14H,8,12H2,1-3H3,(H2,30,35)(H,32,36);2-5H,1H3. The molecule has 0 bridgehead atoms. The second-order valence-corrected chi connectivity index (χ2v) is 11.4. The molecule has 44 heavy (non-hydrogen) atoms. The van der Waals surface area contributed by atoms with Crippen LogP contribution in [0.2, 0.25) is 0 Å². The number of nitrogens with two attached hydrogens (primary N) is 1. The Morgan fingerprint density at radius 2 is 1.75 bits per heavy atom. The number of fused-ring (bicyclic) bond motifs is 2. The van der Waals surface area contributed by atoms with Gasteiger partial charge in [-0.3, -0.25) is 14.6 Å². The number of nitrogens with zero attached hydrogens (tertiary/aromatic N) is 3. The first-order chi connectivity index (χ1) is 20.9. The van der Waals surface area contributed by atoms with Crippen molar-refractivity contribution in [3.8, 4) is 11.1 Å². The number of carbonyl (C=O) groups excluding carboxylic acids is 2. The third-order valence-electron chi connectivity index (χ3n) is 7.37. The Morgan fingerprint density at radius 1 is 1.02 bits per heavy atom. The summed E-state index contributed by atoms with van der Waals surface area (Å²) in [6, 6.07) is 13.6. The van der Waals surface area contributed by atoms with Crippen LogP contribution in [0, 0.1) is 30.3 Å². The number of hydrogen-bond donors (Lipinski definition) is 2. The summed E-state index contributed by atoms with van der Waals surface area (Å²) in [7, 11) is 0. The molecule has 0 aliphatic carbocycles. The lowest BCUT2D eigenvalue weighted by molar-refractivity contribution is 0.0958. The van der Waals surface area contributed by atoms with Crippen LogP contribution in [-0.2, 0) is 13.0 Å². The highest BCUT2D eigenvalue weighted by molar-refractivity contribution is 6.11. The number of primary amides is 1. The van der Waals surface area contributed by atoms with E-state index in [0.717, 1.165) is 23.1 Å². The minimum absolute atomic E-state index is 0.171. The third kappa shape index (κ3) is 6.20. The van der Waals surface area contributed by atoms with Crippen molar-refractivity contribution in [1.29, 1.82) is 0 Å². The van der Waals surface area contributed by atoms with Crippen molar-refractivity contribution in [1.82, 2.24) is 19.9 Å². The van der Waals surface area contributed by atoms with E-state index in [9.17, 15) is 22.8 Å². The quantitative estimate of drug-likeness (QED) is 0.228. The Balaban J connectivity index is 0.000000418. The van der Waals surface area contributed by atoms with Crippen LogP contribution in [0.3, 0.4) is 0 Å². The van der Waals surface area contributed by atoms with Gasteiger partial charge in [0.25, 0.3) is 11.8 Å². The summed E-state index contributed by atoms with van der Waals surface area (Å²) in [5.74, 6) is -2.73. The fraction of sp³-hybridized carbons (Fsp3) is 0.235. The van der Waals surface area contributed by atoms with Crippen molar-refractivity contribution in [2.45, 2.75) is 46.7 Å². The number of hydrogen-bond acceptors (Lipinski definition) is 4. The van der Waals surface area contributed by atoms with Gasteiger partial charge in [-0.15, -0.1) is 0 Å². The van der Waals surface area contributed by atoms with Gasteiger partial charge in [0.2, 0.25) is 0 Å². The van der Waals surface area contributed by atoms with Crippen LogP contribution in [0.1, 0.15) is 70.0 Å². The average molecular weight is 600 g/mol. The SMILES string of the molecule is CC(C)Cc1nc2c(c(-c3cnc4c(ccn4Cc4ccc(F)c(F)c4)c3)c1C(N)=O)C(=O)NC2C.Cc1ccc(F)cc1. The maximum atomic E-state index is 13.7. The number of pyridine rings is 2. The molecule has 5 aromatic rings. The molecule has 226 valence electrons. The van der Waals surface area contributed by atoms with Gasteiger partial charge in [-0.25, -0.2) is 18.2 Å². The molecular formula is C34H32F3N5O2. The zero-order chi connectivity index (χ0) is 31.7. The molecule has 4 heterocycles. The van der Waals surface area contributed by atoms with Gasteiger partial charge < -0.3 is 15.6 Å². The number of aryl methyl sites for hydroxylation is 1. The highest BCUT2D eigenvalue weighted by Gasteiger charge is 2.35. The number of aromatic nitrogens is 3. The Labute approximate surface area is 253 Å². The van der Waals surface area contributed by atoms with Gasteiger partial charge in [-0.1, -0.05) is 37.6 Å². The van der Waals surface area contributed by atoms with Gasteiger partial charge >= 0.3 is 0 Å². The van der Waals surface area contributed by atoms with Gasteiger partial charge in [0, 0.05) is 35.5 Å². The number of benzene rings is 2. The van der Waals surface area contributed by atoms with Crippen molar-refractivity contribution in [3.63, 3.8) is 0 Å². The molecule has 0 fully saturated rings. The number of nitrogens with one attached hydrogen (secondary N) is 1. The summed E-state index contributed by atoms with van der Waals surface area (Å²) < 4.78 is 40.9. The van der Waals surface area contributed by atoms with Crippen LogP contribution >= 0.6 is 0 Å². The first kappa shape index (κ1) is 30.5. The van der Waals surface area contributed by atoms with Crippen molar-refractivity contribution < 1.29 is 22.8 Å². The molecule has 2 amide bonds. The van der Waals surface area contributed by atoms with Gasteiger partial charge in [0.05, 0.1) is 28.6 Å². The van der Waals surface area contributed by atoms with Crippen LogP contribution < -0.4 is 11.1 Å². The van der Waals surface area contributed by atoms with Gasteiger partial charge in [0.1, 0.15) is 11.5 Å². The van der Waals surface area contributed by atoms with Crippen molar-refractivity contribution in [2.75, 3.05) is 0 Å². The van der Waals surface area contributed by atoms with Gasteiger partial charge in [-0.2, -0.15) is 0 Å². The number of halogens is 3. The van der Waals surface area contributed by atoms with Crippen LogP contribution in [0.4, 0.5) is 13.2 Å². The number of carbonyl (C=O) groups is 2. The lowest BCUT2D eigenvalue weighted by Gasteiger charge is -2.17. The summed E-state index contributed by atoms with van der Waals surface area (Å²) in [5, 5.41) is 3.64. The molecule has 1 aliphatic heterocycles. The van der Waals surface area contributed by atoms with E-state index in [1.165, 1.54) is 18.2 Å². The van der Waals surface area contributed by atoms with Crippen molar-refractivity contribution in [2.24, 2.45) is 11.7 Å². The Bertz CT molecular complexity index is 1860. The van der Waals surface area contributed by atoms with Crippen LogP contribution in [0.15, 0.2) is 67.0 Å². The number of rotatable bonds is 6. The lowest BCUT2D eigenvalue weighted by Crippen LogP contribution is -2.20. The summed E-state index contributed by atoms with van der Waals surface area (Å²) in [5.41, 5.74) is 10.9. The molecule has 10 heteroatoms. The van der Waals surface area contributed by atoms with E-state index in [2.05, 4.69) is 10.3 Å². The molecule has 6 rings (SSSR count). The predicted molar refractivity (Wildman–Crippen MR) is 163 cm³/mol. The zero-order valence-corrected chi connectivity index (χ0v) is 24.8. The molecule has 1 aliphatic rings. The molecule has 3 N–H and O–H groups in total. The summed E-state index contributed by atoms with van der Waals surface area (Å²) in [4.78, 5) is 34.9. The van der Waals surface area contributed by atoms with Crippen LogP contribution in [0.5, 0.6) is 0 Å². The predicted octanol–water partition coefficient (Wildman–Crippen LogP) is 6.66. The minimum atomic E-state index is -0.908. The topological polar surface area (TPSA) is 103 Å². The van der Waals surface area contributed by atoms with E-state index in [4.69, 9.17) is 10.7 Å². The van der Waals surface area contributed by atoms with E-state index in [-0.39, 0.29) is 29.2 Å². The molecule has 1 atom stereocenters. The smallest absolute Gasteiger partial charge is 0.254 e. The van der Waals surface area contributed by atoms with E-state index in [0.29, 0.717) is 52.3 Å². The Kier molecular flexibility index (Phi) is 8.53. The molecule has 0 saturated carbocycles. The van der Waals surface area contributed by atoms with Crippen molar-refractivity contribution in [3.05, 3.63) is 118 Å². The van der Waals surface area contributed by atoms with Gasteiger partial charge in [-0.05, 0) is 68.1 Å². The first-order valence-corrected chi connectivity index (χ1v) is 14.2. The molecule has 7 nitrogen and oxygen atoms in total. The second kappa shape index (κ2) is 12.3. The highest BCUT2D eigenvalue weighted by Crippen LogP contribution is 2.38. The molecule has 0 spiro atoms. The van der Waals surface area contributed by atoms with E-state index < -0.39 is 17.5 Å². The first-order valence-electron chi connectivity index (χ1n) is 14.2. The molecule has 3 aromatic heterocycles. The Hall–Kier alpha value is -4.99. The van der Waals surface area contributed by atoms with Crippen LogP contribution in [-0.4, -0.2) is 26.3 Å². The normalized spacial score (nSPS) is 13.9. The molecule has 0 saturated heterocycles. The van der Waals surface area contributed by atoms with E-state index in [1.807, 2.05) is 44.4 Å². The highest BCUT2D eigenvalue weighted by atomic mass is 19.2. The fourth-order valence-corrected chi connectivity index (χ4v) is 5.33. The van der Waals surface area contributed by atoms with Crippen molar-refractivity contribution >= 4 is 22.8 Å². The molecular weight excluding hydrogens is 567 g/mol. The summed E-state index contributed by atoms with van der Waals surface area (Å²) in [6.45, 7) is 8.12. The minimum Gasteiger partial charge on any atom is -0.366 e. The monoisotopic (exact) mass is 599 g/mol. The fourth-order valence-electron chi connectivity index (χ4n) is 5.33. The Morgan fingerprint density at radius 3 is 2.39 bits per heavy atom. The molecule has 2 aromatic carbocycles. The van der Waals surface area contributed by atoms with E-state index in [1.54, 1.807) is 24.5 Å². The zero-order valence-electron chi connectivity index (χ0n) is 24.8. The third-order valence-corrected chi connectivity index (χ3v) is 7.37. The van der Waals surface area contributed by atoms with Crippen LogP contribution in [0.25, 0.3) is 22.2 Å². The number of amides is 2. The maximum absolute atomic E-state index is 13.7. The summed E-state index contributed by atoms with van der Waals surface area (Å²) in [6.07, 6.45) is 3.93. The average Bonchev–Trinajstić information content (AvgIpc) is 3.50. The van der Waals surface area contributed by atoms with Gasteiger partial charge in [0.15, 0.2) is 11.6 Å². The second-order valence-electron chi connectivity index (χ2n) is 11.4. The lowest BCUT2D eigenvalue weighted by atomic mass is 9.90. The molecule has 0 radical (unpaired) electrons. The largest absolute Gasteiger partial charge is 0.366 e. The summed E-state index contributed by atoms with van der Waals surface area (Å²) >= 11 is 0. The van der Waals surface area contributed by atoms with E-state index >= 15 is 0 Å². The maximum Gasteiger partial charge on any atom is 0.254 e.